The number of carbonyl (C=O) groups is 1. The standard InChI is InChI=1S/C19H23N5O4/c20-13(10-25)16-21-22-17(28-16)14-8-19(6-7-19)15-9-23(14)18(26)24(15)27-11-12-4-2-1-3-5-12/h1-5,13-15,25H,6-11,20H2/t13-,14-,15-/m0/s1. The van der Waals surface area contributed by atoms with Crippen LogP contribution in [0.3, 0.4) is 0 Å². The van der Waals surface area contributed by atoms with Crippen LogP contribution in [0.15, 0.2) is 34.7 Å². The Labute approximate surface area is 162 Å². The molecule has 2 amide bonds. The topological polar surface area (TPSA) is 118 Å². The van der Waals surface area contributed by atoms with Gasteiger partial charge in [-0.05, 0) is 30.2 Å². The van der Waals surface area contributed by atoms with Gasteiger partial charge in [0.1, 0.15) is 18.7 Å². The molecule has 1 aromatic carbocycles. The number of carbonyl (C=O) groups excluding carboxylic acids is 1. The number of benzene rings is 1. The third-order valence-corrected chi connectivity index (χ3v) is 6.13. The van der Waals surface area contributed by atoms with Crippen molar-refractivity contribution < 1.29 is 19.2 Å². The zero-order chi connectivity index (χ0) is 19.3. The second-order valence-corrected chi connectivity index (χ2v) is 7.89. The molecule has 9 nitrogen and oxygen atoms in total. The molecular formula is C19H23N5O4. The van der Waals surface area contributed by atoms with Gasteiger partial charge in [0.15, 0.2) is 0 Å². The number of urea groups is 1. The molecule has 1 saturated carbocycles. The number of amides is 2. The Bertz CT molecular complexity index is 868. The van der Waals surface area contributed by atoms with Crippen molar-refractivity contribution in [1.29, 1.82) is 0 Å². The van der Waals surface area contributed by atoms with Crippen molar-refractivity contribution in [2.24, 2.45) is 11.1 Å². The maximum Gasteiger partial charge on any atom is 0.345 e. The molecule has 1 aliphatic carbocycles. The lowest BCUT2D eigenvalue weighted by molar-refractivity contribution is -0.153. The van der Waals surface area contributed by atoms with Crippen LogP contribution in [0.4, 0.5) is 4.79 Å². The zero-order valence-corrected chi connectivity index (χ0v) is 15.4. The van der Waals surface area contributed by atoms with Gasteiger partial charge in [0.25, 0.3) is 0 Å². The third kappa shape index (κ3) is 2.78. The van der Waals surface area contributed by atoms with Crippen LogP contribution in [0.2, 0.25) is 0 Å². The molecule has 5 rings (SSSR count). The number of hydrogen-bond donors (Lipinski definition) is 2. The molecule has 3 fully saturated rings. The average Bonchev–Trinajstić information content (AvgIpc) is 3.20. The van der Waals surface area contributed by atoms with Crippen LogP contribution < -0.4 is 5.73 Å². The summed E-state index contributed by atoms with van der Waals surface area (Å²) in [6.07, 6.45) is 2.87. The fourth-order valence-corrected chi connectivity index (χ4v) is 4.32. The van der Waals surface area contributed by atoms with E-state index in [9.17, 15) is 9.90 Å². The fraction of sp³-hybridized carbons (Fsp3) is 0.526. The van der Waals surface area contributed by atoms with E-state index in [-0.39, 0.29) is 36.0 Å². The minimum absolute atomic E-state index is 0.0394. The molecule has 3 aliphatic rings. The van der Waals surface area contributed by atoms with Crippen molar-refractivity contribution in [3.05, 3.63) is 47.7 Å². The Morgan fingerprint density at radius 2 is 2.11 bits per heavy atom. The van der Waals surface area contributed by atoms with E-state index in [0.717, 1.165) is 24.8 Å². The first kappa shape index (κ1) is 17.6. The third-order valence-electron chi connectivity index (χ3n) is 6.13. The van der Waals surface area contributed by atoms with Gasteiger partial charge in [0, 0.05) is 6.54 Å². The molecule has 3 N–H and O–H groups in total. The van der Waals surface area contributed by atoms with Crippen LogP contribution in [-0.2, 0) is 11.4 Å². The summed E-state index contributed by atoms with van der Waals surface area (Å²) in [6, 6.07) is 8.69. The van der Waals surface area contributed by atoms with E-state index in [0.29, 0.717) is 19.0 Å². The van der Waals surface area contributed by atoms with Crippen molar-refractivity contribution in [2.45, 2.75) is 44.0 Å². The molecule has 0 radical (unpaired) electrons. The van der Waals surface area contributed by atoms with Crippen LogP contribution in [0.25, 0.3) is 0 Å². The van der Waals surface area contributed by atoms with Crippen molar-refractivity contribution in [2.75, 3.05) is 13.2 Å². The summed E-state index contributed by atoms with van der Waals surface area (Å²) in [5.41, 5.74) is 6.83. The maximum absolute atomic E-state index is 13.1. The number of hydroxylamine groups is 2. The number of aliphatic hydroxyl groups is 1. The van der Waals surface area contributed by atoms with E-state index in [4.69, 9.17) is 15.0 Å². The van der Waals surface area contributed by atoms with Gasteiger partial charge in [-0.3, -0.25) is 4.84 Å². The van der Waals surface area contributed by atoms with E-state index in [2.05, 4.69) is 10.2 Å². The predicted octanol–water partition coefficient (Wildman–Crippen LogP) is 1.52. The molecule has 148 valence electrons. The number of aliphatic hydroxyl groups excluding tert-OH is 1. The first-order valence-electron chi connectivity index (χ1n) is 9.58. The fourth-order valence-electron chi connectivity index (χ4n) is 4.32. The largest absolute Gasteiger partial charge is 0.421 e. The summed E-state index contributed by atoms with van der Waals surface area (Å²) in [4.78, 5) is 20.8. The Hall–Kier alpha value is -2.49. The van der Waals surface area contributed by atoms with Gasteiger partial charge >= 0.3 is 6.03 Å². The second kappa shape index (κ2) is 6.54. The van der Waals surface area contributed by atoms with E-state index < -0.39 is 6.04 Å². The molecule has 1 aromatic heterocycles. The van der Waals surface area contributed by atoms with Gasteiger partial charge in [0.05, 0.1) is 12.6 Å². The predicted molar refractivity (Wildman–Crippen MR) is 96.3 cm³/mol. The molecule has 2 aromatic rings. The summed E-state index contributed by atoms with van der Waals surface area (Å²) in [5, 5.41) is 18.8. The van der Waals surface area contributed by atoms with Crippen molar-refractivity contribution >= 4 is 6.03 Å². The molecule has 2 bridgehead atoms. The van der Waals surface area contributed by atoms with E-state index >= 15 is 0 Å². The Morgan fingerprint density at radius 1 is 1.32 bits per heavy atom. The van der Waals surface area contributed by atoms with Crippen molar-refractivity contribution in [3.8, 4) is 0 Å². The highest BCUT2D eigenvalue weighted by molar-refractivity contribution is 5.77. The zero-order valence-electron chi connectivity index (χ0n) is 15.4. The van der Waals surface area contributed by atoms with Gasteiger partial charge in [-0.1, -0.05) is 30.3 Å². The molecule has 3 atom stereocenters. The molecule has 0 unspecified atom stereocenters. The van der Waals surface area contributed by atoms with Gasteiger partial charge < -0.3 is 20.2 Å². The molecule has 9 heteroatoms. The summed E-state index contributed by atoms with van der Waals surface area (Å²) >= 11 is 0. The first-order valence-corrected chi connectivity index (χ1v) is 9.58. The lowest BCUT2D eigenvalue weighted by atomic mass is 9.85. The van der Waals surface area contributed by atoms with Crippen molar-refractivity contribution in [1.82, 2.24) is 20.2 Å². The Kier molecular flexibility index (Phi) is 4.11. The lowest BCUT2D eigenvalue weighted by Gasteiger charge is -2.35. The summed E-state index contributed by atoms with van der Waals surface area (Å²) < 4.78 is 5.70. The summed E-state index contributed by atoms with van der Waals surface area (Å²) in [6.45, 7) is 0.665. The molecule has 3 heterocycles. The average molecular weight is 385 g/mol. The van der Waals surface area contributed by atoms with E-state index in [1.807, 2.05) is 30.3 Å². The number of nitrogens with zero attached hydrogens (tertiary/aromatic N) is 4. The summed E-state index contributed by atoms with van der Waals surface area (Å²) in [7, 11) is 0. The summed E-state index contributed by atoms with van der Waals surface area (Å²) in [5.74, 6) is 0.565. The number of aromatic nitrogens is 2. The number of rotatable bonds is 6. The van der Waals surface area contributed by atoms with Gasteiger partial charge in [0.2, 0.25) is 11.8 Å². The highest BCUT2D eigenvalue weighted by Gasteiger charge is 2.64. The lowest BCUT2D eigenvalue weighted by Crippen LogP contribution is -2.42. The van der Waals surface area contributed by atoms with Crippen LogP contribution in [0, 0.1) is 5.41 Å². The van der Waals surface area contributed by atoms with Crippen LogP contribution >= 0.6 is 0 Å². The van der Waals surface area contributed by atoms with Crippen LogP contribution in [0.5, 0.6) is 0 Å². The first-order chi connectivity index (χ1) is 13.6. The number of piperidine rings is 1. The van der Waals surface area contributed by atoms with Crippen molar-refractivity contribution in [3.63, 3.8) is 0 Å². The number of nitrogens with two attached hydrogens (primary N) is 1. The van der Waals surface area contributed by atoms with Crippen LogP contribution in [0.1, 0.15) is 48.7 Å². The SMILES string of the molecule is N[C@@H](CO)c1nnc([C@@H]2CC3(CC3)[C@@H]3CN2C(=O)N3OCc2ccccc2)o1. The van der Waals surface area contributed by atoms with Gasteiger partial charge in [-0.2, -0.15) is 5.06 Å². The minimum atomic E-state index is -0.715. The molecule has 2 aliphatic heterocycles. The quantitative estimate of drug-likeness (QED) is 0.774. The van der Waals surface area contributed by atoms with E-state index in [1.54, 1.807) is 9.96 Å². The smallest absolute Gasteiger partial charge is 0.345 e. The maximum atomic E-state index is 13.1. The van der Waals surface area contributed by atoms with Gasteiger partial charge in [-0.15, -0.1) is 10.2 Å². The number of fused-ring (bicyclic) bond motifs is 3. The van der Waals surface area contributed by atoms with E-state index in [1.165, 1.54) is 0 Å². The highest BCUT2D eigenvalue weighted by atomic mass is 16.7. The Morgan fingerprint density at radius 3 is 2.82 bits per heavy atom. The van der Waals surface area contributed by atoms with Crippen LogP contribution in [-0.4, -0.2) is 50.5 Å². The molecule has 1 spiro atoms. The molecule has 2 saturated heterocycles. The Balaban J connectivity index is 1.37. The number of hydrogen-bond acceptors (Lipinski definition) is 7. The molecule has 28 heavy (non-hydrogen) atoms. The second-order valence-electron chi connectivity index (χ2n) is 7.89. The minimum Gasteiger partial charge on any atom is -0.421 e. The normalized spacial score (nSPS) is 26.1. The molecular weight excluding hydrogens is 362 g/mol. The van der Waals surface area contributed by atoms with Gasteiger partial charge in [-0.25, -0.2) is 4.79 Å². The monoisotopic (exact) mass is 385 g/mol. The highest BCUT2D eigenvalue weighted by Crippen LogP contribution is 2.61.